The van der Waals surface area contributed by atoms with E-state index in [1.54, 1.807) is 12.1 Å². The zero-order valence-corrected chi connectivity index (χ0v) is 16.0. The molecular formula is C23H20F2N2O3. The highest BCUT2D eigenvalue weighted by atomic mass is 19.1. The number of hydrogen-bond acceptors (Lipinski definition) is 3. The summed E-state index contributed by atoms with van der Waals surface area (Å²) in [6.45, 7) is 0.551. The van der Waals surface area contributed by atoms with E-state index in [2.05, 4.69) is 10.6 Å². The molecule has 0 atom stereocenters. The van der Waals surface area contributed by atoms with Gasteiger partial charge in [0.2, 0.25) is 5.91 Å². The lowest BCUT2D eigenvalue weighted by Crippen LogP contribution is -2.24. The van der Waals surface area contributed by atoms with Crippen molar-refractivity contribution in [2.75, 3.05) is 11.9 Å². The molecule has 3 aromatic rings. The molecule has 0 fully saturated rings. The Morgan fingerprint density at radius 1 is 0.833 bits per heavy atom. The van der Waals surface area contributed by atoms with Gasteiger partial charge in [0.05, 0.1) is 13.0 Å². The van der Waals surface area contributed by atoms with E-state index in [0.717, 1.165) is 17.7 Å². The van der Waals surface area contributed by atoms with Gasteiger partial charge in [0.15, 0.2) is 0 Å². The largest absolute Gasteiger partial charge is 0.493 e. The molecule has 3 rings (SSSR count). The lowest BCUT2D eigenvalue weighted by atomic mass is 10.1. The molecular weight excluding hydrogens is 390 g/mol. The molecule has 0 aliphatic heterocycles. The van der Waals surface area contributed by atoms with E-state index in [0.29, 0.717) is 5.75 Å². The van der Waals surface area contributed by atoms with Crippen molar-refractivity contribution in [2.45, 2.75) is 13.0 Å². The molecule has 0 radical (unpaired) electrons. The summed E-state index contributed by atoms with van der Waals surface area (Å²) in [7, 11) is 0. The molecule has 0 aliphatic rings. The fourth-order valence-corrected chi connectivity index (χ4v) is 2.64. The first-order chi connectivity index (χ1) is 14.5. The molecule has 7 heteroatoms. The maximum absolute atomic E-state index is 13.6. The topological polar surface area (TPSA) is 67.4 Å². The van der Waals surface area contributed by atoms with Crippen LogP contribution in [0.1, 0.15) is 22.3 Å². The summed E-state index contributed by atoms with van der Waals surface area (Å²) in [6.07, 6.45) is 0.212. The smallest absolute Gasteiger partial charge is 0.255 e. The van der Waals surface area contributed by atoms with Gasteiger partial charge in [-0.25, -0.2) is 8.78 Å². The van der Waals surface area contributed by atoms with E-state index >= 15 is 0 Å². The molecule has 3 aromatic carbocycles. The Kier molecular flexibility index (Phi) is 7.10. The van der Waals surface area contributed by atoms with Crippen LogP contribution in [0.25, 0.3) is 0 Å². The van der Waals surface area contributed by atoms with Crippen molar-refractivity contribution in [2.24, 2.45) is 0 Å². The van der Waals surface area contributed by atoms with Crippen LogP contribution in [0.5, 0.6) is 5.75 Å². The van der Waals surface area contributed by atoms with Crippen LogP contribution in [0.4, 0.5) is 14.5 Å². The highest BCUT2D eigenvalue weighted by molar-refractivity contribution is 6.04. The van der Waals surface area contributed by atoms with Crippen LogP contribution >= 0.6 is 0 Å². The third-order valence-corrected chi connectivity index (χ3v) is 4.25. The van der Waals surface area contributed by atoms with E-state index < -0.39 is 23.2 Å². The van der Waals surface area contributed by atoms with Crippen molar-refractivity contribution >= 4 is 17.5 Å². The van der Waals surface area contributed by atoms with Crippen LogP contribution in [-0.4, -0.2) is 18.4 Å². The Bertz CT molecular complexity index is 988. The monoisotopic (exact) mass is 410 g/mol. The number of nitrogens with one attached hydrogen (secondary N) is 2. The Labute approximate surface area is 172 Å². The van der Waals surface area contributed by atoms with E-state index in [-0.39, 0.29) is 31.0 Å². The minimum absolute atomic E-state index is 0.164. The van der Waals surface area contributed by atoms with Gasteiger partial charge >= 0.3 is 0 Å². The van der Waals surface area contributed by atoms with Gasteiger partial charge in [-0.15, -0.1) is 0 Å². The summed E-state index contributed by atoms with van der Waals surface area (Å²) >= 11 is 0. The predicted octanol–water partition coefficient (Wildman–Crippen LogP) is 4.30. The van der Waals surface area contributed by atoms with E-state index in [1.165, 1.54) is 18.2 Å². The van der Waals surface area contributed by atoms with E-state index in [1.807, 2.05) is 30.3 Å². The predicted molar refractivity (Wildman–Crippen MR) is 109 cm³/mol. The number of hydrogen-bond donors (Lipinski definition) is 2. The maximum atomic E-state index is 13.6. The minimum Gasteiger partial charge on any atom is -0.493 e. The Balaban J connectivity index is 1.46. The van der Waals surface area contributed by atoms with Crippen molar-refractivity contribution in [3.8, 4) is 5.75 Å². The average Bonchev–Trinajstić information content (AvgIpc) is 2.76. The number of para-hydroxylation sites is 2. The second-order valence-corrected chi connectivity index (χ2v) is 6.44. The van der Waals surface area contributed by atoms with Crippen LogP contribution in [0.3, 0.4) is 0 Å². The first kappa shape index (κ1) is 21.0. The van der Waals surface area contributed by atoms with Crippen molar-refractivity contribution in [1.29, 1.82) is 0 Å². The van der Waals surface area contributed by atoms with Gasteiger partial charge < -0.3 is 15.4 Å². The van der Waals surface area contributed by atoms with Crippen molar-refractivity contribution in [3.63, 3.8) is 0 Å². The molecule has 2 N–H and O–H groups in total. The van der Waals surface area contributed by atoms with Gasteiger partial charge in [0, 0.05) is 12.1 Å². The van der Waals surface area contributed by atoms with Crippen molar-refractivity contribution in [1.82, 2.24) is 5.32 Å². The maximum Gasteiger partial charge on any atom is 0.255 e. The van der Waals surface area contributed by atoms with Crippen LogP contribution in [-0.2, 0) is 11.3 Å². The SMILES string of the molecule is O=C(CCOc1ccccc1)NCc1ccc(C(=O)Nc2c(F)cccc2F)cc1. The normalized spacial score (nSPS) is 10.3. The van der Waals surface area contributed by atoms with E-state index in [9.17, 15) is 18.4 Å². The van der Waals surface area contributed by atoms with Gasteiger partial charge in [0.1, 0.15) is 23.1 Å². The fourth-order valence-electron chi connectivity index (χ4n) is 2.64. The summed E-state index contributed by atoms with van der Waals surface area (Å²) in [6, 6.07) is 18.9. The summed E-state index contributed by atoms with van der Waals surface area (Å²) in [5, 5.41) is 5.00. The molecule has 0 bridgehead atoms. The molecule has 0 spiro atoms. The minimum atomic E-state index is -0.848. The molecule has 0 saturated heterocycles. The number of halogens is 2. The number of ether oxygens (including phenoxy) is 1. The van der Waals surface area contributed by atoms with E-state index in [4.69, 9.17) is 4.74 Å². The summed E-state index contributed by atoms with van der Waals surface area (Å²) in [5.41, 5.74) is 0.529. The zero-order chi connectivity index (χ0) is 21.3. The van der Waals surface area contributed by atoms with Crippen LogP contribution in [0.15, 0.2) is 72.8 Å². The van der Waals surface area contributed by atoms with Gasteiger partial charge in [-0.3, -0.25) is 9.59 Å². The highest BCUT2D eigenvalue weighted by Crippen LogP contribution is 2.19. The number of carbonyl (C=O) groups excluding carboxylic acids is 2. The molecule has 0 saturated carbocycles. The fraction of sp³-hybridized carbons (Fsp3) is 0.130. The summed E-state index contributed by atoms with van der Waals surface area (Å²) in [5.74, 6) is -1.79. The third kappa shape index (κ3) is 5.88. The molecule has 5 nitrogen and oxygen atoms in total. The Hall–Kier alpha value is -3.74. The zero-order valence-electron chi connectivity index (χ0n) is 16.0. The van der Waals surface area contributed by atoms with Crippen LogP contribution in [0, 0.1) is 11.6 Å². The standard InChI is InChI=1S/C23H20F2N2O3/c24-19-7-4-8-20(25)22(19)27-23(29)17-11-9-16(10-12-17)15-26-21(28)13-14-30-18-5-2-1-3-6-18/h1-12H,13-15H2,(H,26,28)(H,27,29). The summed E-state index contributed by atoms with van der Waals surface area (Å²) < 4.78 is 32.8. The lowest BCUT2D eigenvalue weighted by molar-refractivity contribution is -0.121. The first-order valence-corrected chi connectivity index (χ1v) is 9.32. The highest BCUT2D eigenvalue weighted by Gasteiger charge is 2.13. The molecule has 0 aromatic heterocycles. The molecule has 0 unspecified atom stereocenters. The third-order valence-electron chi connectivity index (χ3n) is 4.25. The van der Waals surface area contributed by atoms with Crippen molar-refractivity contribution < 1.29 is 23.1 Å². The summed E-state index contributed by atoms with van der Waals surface area (Å²) in [4.78, 5) is 24.1. The number of amides is 2. The number of rotatable bonds is 8. The Morgan fingerprint density at radius 2 is 1.50 bits per heavy atom. The Morgan fingerprint density at radius 3 is 2.17 bits per heavy atom. The number of anilines is 1. The second kappa shape index (κ2) is 10.2. The number of carbonyl (C=O) groups is 2. The molecule has 30 heavy (non-hydrogen) atoms. The second-order valence-electron chi connectivity index (χ2n) is 6.44. The van der Waals surface area contributed by atoms with Gasteiger partial charge in [-0.1, -0.05) is 36.4 Å². The quantitative estimate of drug-likeness (QED) is 0.582. The van der Waals surface area contributed by atoms with Gasteiger partial charge in [-0.05, 0) is 42.0 Å². The molecule has 0 aliphatic carbocycles. The van der Waals surface area contributed by atoms with Gasteiger partial charge in [-0.2, -0.15) is 0 Å². The van der Waals surface area contributed by atoms with Gasteiger partial charge in [0.25, 0.3) is 5.91 Å². The van der Waals surface area contributed by atoms with Crippen molar-refractivity contribution in [3.05, 3.63) is 95.6 Å². The molecule has 154 valence electrons. The first-order valence-electron chi connectivity index (χ1n) is 9.32. The van der Waals surface area contributed by atoms with Crippen LogP contribution < -0.4 is 15.4 Å². The molecule has 2 amide bonds. The average molecular weight is 410 g/mol. The molecule has 0 heterocycles. The lowest BCUT2D eigenvalue weighted by Gasteiger charge is -2.09. The van der Waals surface area contributed by atoms with Crippen LogP contribution in [0.2, 0.25) is 0 Å². The number of benzene rings is 3.